The molecule has 2 atom stereocenters. The number of carbonyl (C=O) groups excluding carboxylic acids is 2. The van der Waals surface area contributed by atoms with Gasteiger partial charge < -0.3 is 14.2 Å². The molecule has 0 bridgehead atoms. The zero-order chi connectivity index (χ0) is 14.3. The number of esters is 2. The minimum Gasteiger partial charge on any atom is -0.466 e. The Morgan fingerprint density at radius 1 is 1.05 bits per heavy atom. The summed E-state index contributed by atoms with van der Waals surface area (Å²) in [5.74, 6) is -0.697. The third-order valence-electron chi connectivity index (χ3n) is 4.43. The third-order valence-corrected chi connectivity index (χ3v) is 4.43. The summed E-state index contributed by atoms with van der Waals surface area (Å²) in [5.41, 5.74) is 3.27. The first-order valence-corrected chi connectivity index (χ1v) is 6.93. The molecule has 20 heavy (non-hydrogen) atoms. The second kappa shape index (κ2) is 5.05. The van der Waals surface area contributed by atoms with Crippen molar-refractivity contribution in [1.29, 1.82) is 0 Å². The van der Waals surface area contributed by atoms with Crippen LogP contribution in [0.1, 0.15) is 25.7 Å². The molecule has 2 aliphatic carbocycles. The average molecular weight is 278 g/mol. The van der Waals surface area contributed by atoms with E-state index in [0.29, 0.717) is 12.2 Å². The smallest absolute Gasteiger partial charge is 0.336 e. The number of hydrogen-bond acceptors (Lipinski definition) is 5. The number of methoxy groups -OCH3 is 2. The number of hydrogen-bond donors (Lipinski definition) is 0. The molecule has 0 aromatic rings. The fourth-order valence-corrected chi connectivity index (χ4v) is 3.64. The summed E-state index contributed by atoms with van der Waals surface area (Å²) < 4.78 is 15.6. The van der Waals surface area contributed by atoms with Gasteiger partial charge in [0.25, 0.3) is 0 Å². The lowest BCUT2D eigenvalue weighted by atomic mass is 9.77. The Balaban J connectivity index is 2.17. The molecular formula is C15H18O5. The van der Waals surface area contributed by atoms with Crippen molar-refractivity contribution < 1.29 is 23.8 Å². The van der Waals surface area contributed by atoms with Crippen molar-refractivity contribution in [2.24, 2.45) is 5.92 Å². The zero-order valence-corrected chi connectivity index (χ0v) is 11.7. The van der Waals surface area contributed by atoms with E-state index in [2.05, 4.69) is 0 Å². The molecule has 0 N–H and O–H groups in total. The molecule has 3 rings (SSSR count). The van der Waals surface area contributed by atoms with Gasteiger partial charge in [-0.25, -0.2) is 9.59 Å². The van der Waals surface area contributed by atoms with Gasteiger partial charge in [-0.1, -0.05) is 0 Å². The molecule has 0 radical (unpaired) electrons. The Bertz CT molecular complexity index is 482. The molecule has 1 heterocycles. The maximum atomic E-state index is 12.1. The van der Waals surface area contributed by atoms with E-state index in [0.717, 1.165) is 42.4 Å². The first kappa shape index (κ1) is 13.4. The lowest BCUT2D eigenvalue weighted by molar-refractivity contribution is -0.139. The summed E-state index contributed by atoms with van der Waals surface area (Å²) in [6, 6.07) is 0. The van der Waals surface area contributed by atoms with Crippen LogP contribution in [0.25, 0.3) is 0 Å². The van der Waals surface area contributed by atoms with Gasteiger partial charge in [-0.3, -0.25) is 0 Å². The molecule has 108 valence electrons. The second-order valence-corrected chi connectivity index (χ2v) is 5.31. The summed E-state index contributed by atoms with van der Waals surface area (Å²) in [6.07, 6.45) is 2.96. The molecule has 1 saturated heterocycles. The largest absolute Gasteiger partial charge is 0.466 e. The van der Waals surface area contributed by atoms with Gasteiger partial charge in [-0.15, -0.1) is 0 Å². The Kier molecular flexibility index (Phi) is 3.38. The lowest BCUT2D eigenvalue weighted by Crippen LogP contribution is -2.34. The molecule has 1 aliphatic heterocycles. The minimum atomic E-state index is -0.353. The van der Waals surface area contributed by atoms with Gasteiger partial charge >= 0.3 is 11.9 Å². The predicted octanol–water partition coefficient (Wildman–Crippen LogP) is 1.53. The Morgan fingerprint density at radius 3 is 2.30 bits per heavy atom. The predicted molar refractivity (Wildman–Crippen MR) is 69.8 cm³/mol. The molecular weight excluding hydrogens is 260 g/mol. The van der Waals surface area contributed by atoms with Crippen LogP contribution in [0.15, 0.2) is 22.3 Å². The van der Waals surface area contributed by atoms with E-state index in [1.165, 1.54) is 14.2 Å². The Labute approximate surface area is 117 Å². The molecule has 0 amide bonds. The molecule has 5 nitrogen and oxygen atoms in total. The van der Waals surface area contributed by atoms with Gasteiger partial charge in [0.1, 0.15) is 0 Å². The van der Waals surface area contributed by atoms with Crippen molar-refractivity contribution in [2.75, 3.05) is 20.8 Å². The molecule has 0 aromatic heterocycles. The van der Waals surface area contributed by atoms with Crippen LogP contribution >= 0.6 is 0 Å². The summed E-state index contributed by atoms with van der Waals surface area (Å²) in [6.45, 7) is 0.552. The molecule has 0 unspecified atom stereocenters. The topological polar surface area (TPSA) is 61.8 Å². The van der Waals surface area contributed by atoms with Crippen LogP contribution in [0.3, 0.4) is 0 Å². The van der Waals surface area contributed by atoms with E-state index in [4.69, 9.17) is 14.2 Å². The van der Waals surface area contributed by atoms with E-state index in [9.17, 15) is 9.59 Å². The van der Waals surface area contributed by atoms with Crippen LogP contribution in [0.2, 0.25) is 0 Å². The monoisotopic (exact) mass is 278 g/mol. The quantitative estimate of drug-likeness (QED) is 0.717. The summed E-state index contributed by atoms with van der Waals surface area (Å²) in [7, 11) is 2.78. The highest BCUT2D eigenvalue weighted by Gasteiger charge is 2.47. The van der Waals surface area contributed by atoms with Crippen LogP contribution in [0.4, 0.5) is 0 Å². The van der Waals surface area contributed by atoms with Gasteiger partial charge in [-0.2, -0.15) is 0 Å². The molecule has 1 saturated carbocycles. The van der Waals surface area contributed by atoms with Crippen LogP contribution in [-0.4, -0.2) is 38.9 Å². The summed E-state index contributed by atoms with van der Waals surface area (Å²) >= 11 is 0. The Morgan fingerprint density at radius 2 is 1.65 bits per heavy atom. The SMILES string of the molecule is COC(=O)C1=C2CCCC2=C(C(=O)OC)[C@@H]2OCC[C@H]12. The van der Waals surface area contributed by atoms with E-state index in [1.54, 1.807) is 0 Å². The van der Waals surface area contributed by atoms with Crippen LogP contribution in [-0.2, 0) is 23.8 Å². The van der Waals surface area contributed by atoms with Crippen molar-refractivity contribution in [1.82, 2.24) is 0 Å². The number of ether oxygens (including phenoxy) is 3. The molecule has 0 spiro atoms. The van der Waals surface area contributed by atoms with Crippen LogP contribution < -0.4 is 0 Å². The third kappa shape index (κ3) is 1.80. The van der Waals surface area contributed by atoms with Crippen molar-refractivity contribution >= 4 is 11.9 Å². The fourth-order valence-electron chi connectivity index (χ4n) is 3.64. The molecule has 2 fully saturated rings. The molecule has 0 aromatic carbocycles. The van der Waals surface area contributed by atoms with Crippen molar-refractivity contribution in [3.05, 3.63) is 22.3 Å². The number of fused-ring (bicyclic) bond motifs is 2. The fraction of sp³-hybridized carbons (Fsp3) is 0.600. The highest BCUT2D eigenvalue weighted by Crippen LogP contribution is 2.48. The van der Waals surface area contributed by atoms with Crippen molar-refractivity contribution in [3.8, 4) is 0 Å². The van der Waals surface area contributed by atoms with E-state index < -0.39 is 0 Å². The average Bonchev–Trinajstić information content (AvgIpc) is 3.11. The number of rotatable bonds is 2. The van der Waals surface area contributed by atoms with Crippen molar-refractivity contribution in [3.63, 3.8) is 0 Å². The van der Waals surface area contributed by atoms with Crippen LogP contribution in [0, 0.1) is 5.92 Å². The number of carbonyl (C=O) groups is 2. The highest BCUT2D eigenvalue weighted by atomic mass is 16.5. The summed E-state index contributed by atoms with van der Waals surface area (Å²) in [4.78, 5) is 24.2. The maximum Gasteiger partial charge on any atom is 0.336 e. The zero-order valence-electron chi connectivity index (χ0n) is 11.7. The Hall–Kier alpha value is -1.62. The maximum absolute atomic E-state index is 12.1. The number of allylic oxidation sites excluding steroid dienone is 2. The standard InChI is InChI=1S/C15H18O5/c1-18-14(16)11-8-4-3-5-9(8)12(15(17)19-2)13-10(11)6-7-20-13/h10,13H,3-7H2,1-2H3/t10-,13-/m1/s1. The van der Waals surface area contributed by atoms with Gasteiger partial charge in [0.05, 0.1) is 25.9 Å². The normalized spacial score (nSPS) is 28.3. The van der Waals surface area contributed by atoms with Gasteiger partial charge in [-0.05, 0) is 36.8 Å². The van der Waals surface area contributed by atoms with Gasteiger partial charge in [0.15, 0.2) is 0 Å². The first-order valence-electron chi connectivity index (χ1n) is 6.93. The van der Waals surface area contributed by atoms with E-state index in [-0.39, 0.29) is 24.0 Å². The lowest BCUT2D eigenvalue weighted by Gasteiger charge is -2.29. The van der Waals surface area contributed by atoms with Crippen molar-refractivity contribution in [2.45, 2.75) is 31.8 Å². The van der Waals surface area contributed by atoms with E-state index in [1.807, 2.05) is 0 Å². The summed E-state index contributed by atoms with van der Waals surface area (Å²) in [5, 5.41) is 0. The minimum absolute atomic E-state index is 0.0756. The first-order chi connectivity index (χ1) is 9.69. The molecule has 5 heteroatoms. The second-order valence-electron chi connectivity index (χ2n) is 5.31. The van der Waals surface area contributed by atoms with Gasteiger partial charge in [0, 0.05) is 18.1 Å². The van der Waals surface area contributed by atoms with Crippen LogP contribution in [0.5, 0.6) is 0 Å². The highest BCUT2D eigenvalue weighted by molar-refractivity contribution is 5.97. The van der Waals surface area contributed by atoms with Gasteiger partial charge in [0.2, 0.25) is 0 Å². The van der Waals surface area contributed by atoms with E-state index >= 15 is 0 Å². The molecule has 3 aliphatic rings.